The third-order valence-electron chi connectivity index (χ3n) is 1.23. The summed E-state index contributed by atoms with van der Waals surface area (Å²) in [5.41, 5.74) is 0.799. The van der Waals surface area contributed by atoms with Gasteiger partial charge in [0.2, 0.25) is 0 Å². The van der Waals surface area contributed by atoms with Gasteiger partial charge in [-0.15, -0.1) is 0 Å². The third-order valence-corrected chi connectivity index (χ3v) is 1.23. The molecule has 0 nitrogen and oxygen atoms in total. The van der Waals surface area contributed by atoms with Crippen molar-refractivity contribution in [1.29, 1.82) is 0 Å². The number of hydrogen-bond donors (Lipinski definition) is 0. The first-order valence-electron chi connectivity index (χ1n) is 3.30. The highest BCUT2D eigenvalue weighted by Crippen LogP contribution is 2.03. The van der Waals surface area contributed by atoms with Crippen LogP contribution in [0.15, 0.2) is 36.4 Å². The van der Waals surface area contributed by atoms with Gasteiger partial charge < -0.3 is 0 Å². The van der Waals surface area contributed by atoms with Gasteiger partial charge in [-0.25, -0.2) is 8.78 Å². The van der Waals surface area contributed by atoms with Crippen molar-refractivity contribution in [2.45, 2.75) is 6.43 Å². The van der Waals surface area contributed by atoms with E-state index in [-0.39, 0.29) is 0 Å². The molecule has 2 heteroatoms. The maximum Gasteiger partial charge on any atom is 0.257 e. The highest BCUT2D eigenvalue weighted by Gasteiger charge is 1.91. The van der Waals surface area contributed by atoms with Gasteiger partial charge in [-0.3, -0.25) is 0 Å². The molecule has 0 N–H and O–H groups in total. The Bertz CT molecular complexity index is 227. The summed E-state index contributed by atoms with van der Waals surface area (Å²) in [5.74, 6) is 0. The van der Waals surface area contributed by atoms with Crippen LogP contribution in [0.3, 0.4) is 0 Å². The molecule has 0 unspecified atom stereocenters. The zero-order valence-corrected chi connectivity index (χ0v) is 5.87. The molecule has 0 fully saturated rings. The van der Waals surface area contributed by atoms with Crippen LogP contribution < -0.4 is 0 Å². The summed E-state index contributed by atoms with van der Waals surface area (Å²) in [6, 6.07) is 9.02. The fourth-order valence-corrected chi connectivity index (χ4v) is 0.748. The zero-order valence-electron chi connectivity index (χ0n) is 5.87. The Kier molecular flexibility index (Phi) is 2.78. The normalized spacial score (nSPS) is 11.2. The van der Waals surface area contributed by atoms with E-state index in [1.165, 1.54) is 6.08 Å². The van der Waals surface area contributed by atoms with Gasteiger partial charge in [0, 0.05) is 0 Å². The van der Waals surface area contributed by atoms with E-state index in [2.05, 4.69) is 0 Å². The van der Waals surface area contributed by atoms with Crippen molar-refractivity contribution in [3.63, 3.8) is 0 Å². The van der Waals surface area contributed by atoms with Crippen LogP contribution in [-0.4, -0.2) is 6.43 Å². The second kappa shape index (κ2) is 3.86. The molecular formula is C9H8F2. The van der Waals surface area contributed by atoms with Crippen molar-refractivity contribution in [3.05, 3.63) is 42.0 Å². The summed E-state index contributed by atoms with van der Waals surface area (Å²) in [6.07, 6.45) is -0.0878. The fraction of sp³-hybridized carbons (Fsp3) is 0.111. The summed E-state index contributed by atoms with van der Waals surface area (Å²) >= 11 is 0. The fourth-order valence-electron chi connectivity index (χ4n) is 0.748. The van der Waals surface area contributed by atoms with Crippen molar-refractivity contribution in [2.75, 3.05) is 0 Å². The first-order chi connectivity index (χ1) is 5.29. The molecule has 0 bridgehead atoms. The first-order valence-corrected chi connectivity index (χ1v) is 3.30. The van der Waals surface area contributed by atoms with Crippen LogP contribution in [0.5, 0.6) is 0 Å². The lowest BCUT2D eigenvalue weighted by molar-refractivity contribution is 0.205. The van der Waals surface area contributed by atoms with Crippen LogP contribution in [-0.2, 0) is 0 Å². The Labute approximate surface area is 64.2 Å². The predicted octanol–water partition coefficient (Wildman–Crippen LogP) is 2.96. The Morgan fingerprint density at radius 1 is 1.09 bits per heavy atom. The van der Waals surface area contributed by atoms with E-state index in [9.17, 15) is 8.78 Å². The summed E-state index contributed by atoms with van der Waals surface area (Å²) < 4.78 is 23.3. The first kappa shape index (κ1) is 7.92. The van der Waals surface area contributed by atoms with Crippen LogP contribution >= 0.6 is 0 Å². The Hall–Kier alpha value is -1.18. The number of allylic oxidation sites excluding steroid dienone is 1. The van der Waals surface area contributed by atoms with Crippen LogP contribution in [0, 0.1) is 0 Å². The van der Waals surface area contributed by atoms with Gasteiger partial charge in [0.15, 0.2) is 0 Å². The monoisotopic (exact) mass is 154 g/mol. The van der Waals surface area contributed by atoms with E-state index in [1.807, 2.05) is 18.2 Å². The predicted molar refractivity (Wildman–Crippen MR) is 41.5 cm³/mol. The van der Waals surface area contributed by atoms with Gasteiger partial charge in [-0.05, 0) is 11.6 Å². The molecule has 0 saturated heterocycles. The van der Waals surface area contributed by atoms with E-state index >= 15 is 0 Å². The van der Waals surface area contributed by atoms with Crippen LogP contribution in [0.4, 0.5) is 8.78 Å². The number of halogens is 2. The van der Waals surface area contributed by atoms with Gasteiger partial charge in [-0.1, -0.05) is 36.4 Å². The number of benzene rings is 1. The van der Waals surface area contributed by atoms with Crippen molar-refractivity contribution in [1.82, 2.24) is 0 Å². The topological polar surface area (TPSA) is 0 Å². The van der Waals surface area contributed by atoms with Crippen LogP contribution in [0.1, 0.15) is 5.56 Å². The molecule has 0 heterocycles. The molecule has 0 aliphatic carbocycles. The van der Waals surface area contributed by atoms with E-state index in [0.717, 1.165) is 11.6 Å². The molecule has 0 radical (unpaired) electrons. The van der Waals surface area contributed by atoms with Crippen molar-refractivity contribution in [3.8, 4) is 0 Å². The average molecular weight is 154 g/mol. The number of rotatable bonds is 2. The summed E-state index contributed by atoms with van der Waals surface area (Å²) in [7, 11) is 0. The van der Waals surface area contributed by atoms with Gasteiger partial charge in [0.1, 0.15) is 0 Å². The summed E-state index contributed by atoms with van der Waals surface area (Å²) in [5, 5.41) is 0. The molecule has 58 valence electrons. The highest BCUT2D eigenvalue weighted by atomic mass is 19.3. The largest absolute Gasteiger partial charge is 0.257 e. The second-order valence-corrected chi connectivity index (χ2v) is 2.10. The molecule has 0 aromatic heterocycles. The van der Waals surface area contributed by atoms with Crippen molar-refractivity contribution >= 4 is 6.08 Å². The molecule has 1 aromatic rings. The lowest BCUT2D eigenvalue weighted by Crippen LogP contribution is -1.79. The van der Waals surface area contributed by atoms with Gasteiger partial charge in [0.05, 0.1) is 0 Å². The summed E-state index contributed by atoms with van der Waals surface area (Å²) in [4.78, 5) is 0. The molecule has 1 aromatic carbocycles. The third kappa shape index (κ3) is 2.94. The maximum absolute atomic E-state index is 11.6. The van der Waals surface area contributed by atoms with Gasteiger partial charge >= 0.3 is 0 Å². The molecule has 0 atom stereocenters. The smallest absolute Gasteiger partial charge is 0.206 e. The average Bonchev–Trinajstić information content (AvgIpc) is 2.03. The lowest BCUT2D eigenvalue weighted by atomic mass is 10.2. The second-order valence-electron chi connectivity index (χ2n) is 2.10. The quantitative estimate of drug-likeness (QED) is 0.614. The standard InChI is InChI=1S/C9H8F2/c10-9(11)7-6-8-4-2-1-3-5-8/h1-7,9H. The van der Waals surface area contributed by atoms with Crippen LogP contribution in [0.25, 0.3) is 6.08 Å². The minimum absolute atomic E-state index is 0.799. The number of hydrogen-bond acceptors (Lipinski definition) is 0. The maximum atomic E-state index is 11.6. The lowest BCUT2D eigenvalue weighted by Gasteiger charge is -1.90. The summed E-state index contributed by atoms with van der Waals surface area (Å²) in [6.45, 7) is 0. The van der Waals surface area contributed by atoms with E-state index < -0.39 is 6.43 Å². The molecule has 0 amide bonds. The van der Waals surface area contributed by atoms with Gasteiger partial charge in [-0.2, -0.15) is 0 Å². The molecule has 11 heavy (non-hydrogen) atoms. The molecule has 1 rings (SSSR count). The molecule has 0 aliphatic rings. The Morgan fingerprint density at radius 3 is 2.27 bits per heavy atom. The van der Waals surface area contributed by atoms with Gasteiger partial charge in [0.25, 0.3) is 6.43 Å². The van der Waals surface area contributed by atoms with E-state index in [4.69, 9.17) is 0 Å². The molecular weight excluding hydrogens is 146 g/mol. The SMILES string of the molecule is FC(F)C=Cc1ccccc1. The Balaban J connectivity index is 2.65. The van der Waals surface area contributed by atoms with E-state index in [0.29, 0.717) is 0 Å². The van der Waals surface area contributed by atoms with Crippen molar-refractivity contribution < 1.29 is 8.78 Å². The van der Waals surface area contributed by atoms with Crippen LogP contribution in [0.2, 0.25) is 0 Å². The molecule has 0 aliphatic heterocycles. The van der Waals surface area contributed by atoms with Crippen molar-refractivity contribution in [2.24, 2.45) is 0 Å². The molecule has 0 saturated carbocycles. The highest BCUT2D eigenvalue weighted by molar-refractivity contribution is 5.48. The molecule has 0 spiro atoms. The Morgan fingerprint density at radius 2 is 1.73 bits per heavy atom. The minimum Gasteiger partial charge on any atom is -0.206 e. The zero-order chi connectivity index (χ0) is 8.10. The van der Waals surface area contributed by atoms with E-state index in [1.54, 1.807) is 12.1 Å². The number of alkyl halides is 2. The minimum atomic E-state index is -2.37.